The highest BCUT2D eigenvalue weighted by molar-refractivity contribution is 7.91. The Labute approximate surface area is 128 Å². The molecule has 0 saturated carbocycles. The first kappa shape index (κ1) is 15.8. The van der Waals surface area contributed by atoms with Crippen LogP contribution in [0.2, 0.25) is 0 Å². The minimum Gasteiger partial charge on any atom is -0.382 e. The normalized spacial score (nSPS) is 11.8. The maximum atomic E-state index is 12.3. The molecule has 2 heterocycles. The SMILES string of the molecule is CCCS(=O)(=O)c1c(N)nsc1N(C)Cc1cnn(C)c1. The molecule has 2 aromatic rings. The molecule has 0 aliphatic heterocycles. The van der Waals surface area contributed by atoms with Crippen molar-refractivity contribution in [2.45, 2.75) is 24.8 Å². The predicted octanol–water partition coefficient (Wildman–Crippen LogP) is 1.28. The smallest absolute Gasteiger partial charge is 0.185 e. The Balaban J connectivity index is 2.32. The first-order valence-corrected chi connectivity index (χ1v) is 8.94. The highest BCUT2D eigenvalue weighted by Crippen LogP contribution is 2.35. The quantitative estimate of drug-likeness (QED) is 0.858. The molecular weight excluding hydrogens is 310 g/mol. The summed E-state index contributed by atoms with van der Waals surface area (Å²) < 4.78 is 30.4. The van der Waals surface area contributed by atoms with Gasteiger partial charge in [-0.3, -0.25) is 4.68 Å². The van der Waals surface area contributed by atoms with Crippen LogP contribution >= 0.6 is 11.5 Å². The van der Waals surface area contributed by atoms with Gasteiger partial charge in [-0.2, -0.15) is 9.47 Å². The molecule has 0 unspecified atom stereocenters. The Hall–Kier alpha value is -1.61. The average Bonchev–Trinajstić information content (AvgIpc) is 2.96. The second-order valence-electron chi connectivity index (χ2n) is 4.90. The van der Waals surface area contributed by atoms with Crippen LogP contribution in [0.15, 0.2) is 17.3 Å². The molecule has 0 bridgehead atoms. The van der Waals surface area contributed by atoms with Crippen molar-refractivity contribution in [3.05, 3.63) is 18.0 Å². The second-order valence-corrected chi connectivity index (χ2v) is 7.70. The lowest BCUT2D eigenvalue weighted by molar-refractivity contribution is 0.595. The van der Waals surface area contributed by atoms with Gasteiger partial charge in [-0.1, -0.05) is 6.92 Å². The van der Waals surface area contributed by atoms with Gasteiger partial charge in [-0.05, 0) is 18.0 Å². The molecule has 0 saturated heterocycles. The van der Waals surface area contributed by atoms with Gasteiger partial charge in [0.2, 0.25) is 0 Å². The van der Waals surface area contributed by atoms with Gasteiger partial charge in [0.15, 0.2) is 15.7 Å². The maximum absolute atomic E-state index is 12.3. The lowest BCUT2D eigenvalue weighted by Gasteiger charge is -2.17. The van der Waals surface area contributed by atoms with E-state index in [4.69, 9.17) is 5.73 Å². The van der Waals surface area contributed by atoms with Crippen LogP contribution in [0.3, 0.4) is 0 Å². The van der Waals surface area contributed by atoms with E-state index in [0.29, 0.717) is 18.0 Å². The van der Waals surface area contributed by atoms with E-state index in [1.54, 1.807) is 10.9 Å². The molecule has 0 aliphatic rings. The molecule has 0 fully saturated rings. The van der Waals surface area contributed by atoms with E-state index < -0.39 is 9.84 Å². The Bertz CT molecular complexity index is 720. The molecule has 9 heteroatoms. The molecule has 7 nitrogen and oxygen atoms in total. The van der Waals surface area contributed by atoms with Gasteiger partial charge in [-0.25, -0.2) is 8.42 Å². The average molecular weight is 329 g/mol. The number of hydrogen-bond donors (Lipinski definition) is 1. The van der Waals surface area contributed by atoms with Crippen LogP contribution < -0.4 is 10.6 Å². The fraction of sp³-hybridized carbons (Fsp3) is 0.500. The monoisotopic (exact) mass is 329 g/mol. The molecule has 0 radical (unpaired) electrons. The molecule has 2 rings (SSSR count). The van der Waals surface area contributed by atoms with E-state index in [9.17, 15) is 8.42 Å². The minimum absolute atomic E-state index is 0.0728. The number of anilines is 2. The van der Waals surface area contributed by atoms with Gasteiger partial charge in [0.1, 0.15) is 9.90 Å². The highest BCUT2D eigenvalue weighted by atomic mass is 32.2. The lowest BCUT2D eigenvalue weighted by Crippen LogP contribution is -2.18. The van der Waals surface area contributed by atoms with Gasteiger partial charge in [0.25, 0.3) is 0 Å². The Morgan fingerprint density at radius 3 is 2.76 bits per heavy atom. The maximum Gasteiger partial charge on any atom is 0.185 e. The number of nitrogen functional groups attached to an aromatic ring is 1. The molecular formula is C12H19N5O2S2. The summed E-state index contributed by atoms with van der Waals surface area (Å²) in [5.41, 5.74) is 6.76. The molecule has 0 aliphatic carbocycles. The third kappa shape index (κ3) is 3.35. The first-order valence-electron chi connectivity index (χ1n) is 6.51. The topological polar surface area (TPSA) is 94.1 Å². The van der Waals surface area contributed by atoms with Crippen molar-refractivity contribution in [2.24, 2.45) is 7.05 Å². The summed E-state index contributed by atoms with van der Waals surface area (Å²) in [6.45, 7) is 2.37. The number of nitrogens with zero attached hydrogens (tertiary/aromatic N) is 4. The minimum atomic E-state index is -3.40. The van der Waals surface area contributed by atoms with E-state index in [-0.39, 0.29) is 16.5 Å². The van der Waals surface area contributed by atoms with Gasteiger partial charge in [-0.15, -0.1) is 0 Å². The summed E-state index contributed by atoms with van der Waals surface area (Å²) in [7, 11) is 0.263. The van der Waals surface area contributed by atoms with E-state index in [0.717, 1.165) is 17.1 Å². The Morgan fingerprint density at radius 2 is 2.19 bits per heavy atom. The number of aromatic nitrogens is 3. The van der Waals surface area contributed by atoms with Crippen LogP contribution in [0.5, 0.6) is 0 Å². The molecule has 0 aromatic carbocycles. The molecule has 2 aromatic heterocycles. The van der Waals surface area contributed by atoms with Crippen molar-refractivity contribution in [3.63, 3.8) is 0 Å². The van der Waals surface area contributed by atoms with Crippen molar-refractivity contribution in [1.82, 2.24) is 14.2 Å². The zero-order valence-corrected chi connectivity index (χ0v) is 13.9. The van der Waals surface area contributed by atoms with E-state index >= 15 is 0 Å². The molecule has 0 amide bonds. The largest absolute Gasteiger partial charge is 0.382 e. The van der Waals surface area contributed by atoms with E-state index in [1.165, 1.54) is 0 Å². The Morgan fingerprint density at radius 1 is 1.48 bits per heavy atom. The summed E-state index contributed by atoms with van der Waals surface area (Å²) in [5.74, 6) is 0.157. The molecule has 0 atom stereocenters. The highest BCUT2D eigenvalue weighted by Gasteiger charge is 2.26. The lowest BCUT2D eigenvalue weighted by atomic mass is 10.3. The molecule has 21 heavy (non-hydrogen) atoms. The van der Waals surface area contributed by atoms with Crippen LogP contribution in [0, 0.1) is 0 Å². The standard InChI is InChI=1S/C12H19N5O2S2/c1-4-5-21(18,19)10-11(13)15-20-12(10)16(2)7-9-6-14-17(3)8-9/h6,8H,4-5,7H2,1-3H3,(H2,13,15). The zero-order valence-electron chi connectivity index (χ0n) is 12.3. The van der Waals surface area contributed by atoms with Crippen molar-refractivity contribution in [2.75, 3.05) is 23.4 Å². The van der Waals surface area contributed by atoms with Crippen molar-refractivity contribution in [1.29, 1.82) is 0 Å². The van der Waals surface area contributed by atoms with Crippen molar-refractivity contribution < 1.29 is 8.42 Å². The number of hydrogen-bond acceptors (Lipinski definition) is 7. The van der Waals surface area contributed by atoms with Gasteiger partial charge in [0, 0.05) is 32.4 Å². The molecule has 0 spiro atoms. The number of rotatable bonds is 6. The zero-order chi connectivity index (χ0) is 15.6. The Kier molecular flexibility index (Phi) is 4.52. The number of nitrogens with two attached hydrogens (primary N) is 1. The fourth-order valence-corrected chi connectivity index (χ4v) is 4.84. The van der Waals surface area contributed by atoms with Crippen LogP contribution in [0.1, 0.15) is 18.9 Å². The third-order valence-corrected chi connectivity index (χ3v) is 6.04. The van der Waals surface area contributed by atoms with Crippen molar-refractivity contribution in [3.8, 4) is 0 Å². The molecule has 2 N–H and O–H groups in total. The van der Waals surface area contributed by atoms with Gasteiger partial charge < -0.3 is 10.6 Å². The van der Waals surface area contributed by atoms with Crippen molar-refractivity contribution >= 4 is 32.2 Å². The van der Waals surface area contributed by atoms with E-state index in [1.807, 2.05) is 32.1 Å². The predicted molar refractivity (Wildman–Crippen MR) is 84.2 cm³/mol. The fourth-order valence-electron chi connectivity index (χ4n) is 2.09. The number of aryl methyl sites for hydroxylation is 1. The third-order valence-electron chi connectivity index (χ3n) is 2.97. The molecule has 116 valence electrons. The second kappa shape index (κ2) is 6.02. The number of sulfone groups is 1. The van der Waals surface area contributed by atoms with Gasteiger partial charge in [0.05, 0.1) is 11.9 Å². The van der Waals surface area contributed by atoms with E-state index in [2.05, 4.69) is 9.47 Å². The summed E-state index contributed by atoms with van der Waals surface area (Å²) in [5, 5.41) is 4.68. The first-order chi connectivity index (χ1) is 9.85. The summed E-state index contributed by atoms with van der Waals surface area (Å²) in [4.78, 5) is 1.99. The van der Waals surface area contributed by atoms with Crippen LogP contribution in [0.4, 0.5) is 10.8 Å². The summed E-state index contributed by atoms with van der Waals surface area (Å²) in [6.07, 6.45) is 4.19. The van der Waals surface area contributed by atoms with Crippen LogP contribution in [-0.2, 0) is 23.4 Å². The van der Waals surface area contributed by atoms with Crippen LogP contribution in [-0.4, -0.2) is 35.4 Å². The summed E-state index contributed by atoms with van der Waals surface area (Å²) in [6, 6.07) is 0. The summed E-state index contributed by atoms with van der Waals surface area (Å²) >= 11 is 1.11. The van der Waals surface area contributed by atoms with Gasteiger partial charge >= 0.3 is 0 Å². The van der Waals surface area contributed by atoms with Crippen LogP contribution in [0.25, 0.3) is 0 Å².